The SMILES string of the molecule is O=C(Nc1nc(-c2ccc(Br)cc2)c(-c2ccccc2)s1)c1ccc([N+](=O)[O-])s1. The third-order valence-electron chi connectivity index (χ3n) is 4.00. The lowest BCUT2D eigenvalue weighted by Gasteiger charge is -2.02. The molecule has 0 aliphatic carbocycles. The van der Waals surface area contributed by atoms with Gasteiger partial charge >= 0.3 is 5.00 Å². The topological polar surface area (TPSA) is 85.1 Å². The van der Waals surface area contributed by atoms with Crippen molar-refractivity contribution >= 4 is 54.6 Å². The van der Waals surface area contributed by atoms with E-state index in [0.29, 0.717) is 5.13 Å². The van der Waals surface area contributed by atoms with Crippen LogP contribution in [-0.4, -0.2) is 15.8 Å². The third kappa shape index (κ3) is 4.26. The van der Waals surface area contributed by atoms with Gasteiger partial charge in [0.15, 0.2) is 5.13 Å². The number of rotatable bonds is 5. The van der Waals surface area contributed by atoms with Gasteiger partial charge in [-0.3, -0.25) is 20.2 Å². The van der Waals surface area contributed by atoms with Crippen LogP contribution < -0.4 is 5.32 Å². The van der Waals surface area contributed by atoms with E-state index in [1.165, 1.54) is 23.5 Å². The summed E-state index contributed by atoms with van der Waals surface area (Å²) in [6.45, 7) is 0. The van der Waals surface area contributed by atoms with E-state index in [4.69, 9.17) is 0 Å². The van der Waals surface area contributed by atoms with Crippen molar-refractivity contribution in [3.8, 4) is 21.7 Å². The molecule has 2 heterocycles. The second kappa shape index (κ2) is 8.24. The van der Waals surface area contributed by atoms with Crippen molar-refractivity contribution in [3.63, 3.8) is 0 Å². The van der Waals surface area contributed by atoms with Gasteiger partial charge < -0.3 is 0 Å². The van der Waals surface area contributed by atoms with E-state index in [1.807, 2.05) is 54.6 Å². The molecular weight excluding hydrogens is 474 g/mol. The Balaban J connectivity index is 1.70. The highest BCUT2D eigenvalue weighted by Gasteiger charge is 2.19. The lowest BCUT2D eigenvalue weighted by atomic mass is 10.1. The van der Waals surface area contributed by atoms with E-state index in [-0.39, 0.29) is 9.88 Å². The van der Waals surface area contributed by atoms with Crippen LogP contribution in [0.4, 0.5) is 10.1 Å². The first-order valence-electron chi connectivity index (χ1n) is 8.39. The molecular formula is C20H12BrN3O3S2. The molecule has 0 aliphatic rings. The lowest BCUT2D eigenvalue weighted by Crippen LogP contribution is -2.09. The number of hydrogen-bond donors (Lipinski definition) is 1. The van der Waals surface area contributed by atoms with E-state index in [2.05, 4.69) is 26.2 Å². The first-order chi connectivity index (χ1) is 14.0. The lowest BCUT2D eigenvalue weighted by molar-refractivity contribution is -0.380. The van der Waals surface area contributed by atoms with Gasteiger partial charge in [0, 0.05) is 16.1 Å². The predicted molar refractivity (Wildman–Crippen MR) is 120 cm³/mol. The third-order valence-corrected chi connectivity index (χ3v) is 6.58. The Morgan fingerprint density at radius 2 is 1.69 bits per heavy atom. The second-order valence-electron chi connectivity index (χ2n) is 5.92. The van der Waals surface area contributed by atoms with Gasteiger partial charge in [0.25, 0.3) is 5.91 Å². The highest BCUT2D eigenvalue weighted by molar-refractivity contribution is 9.10. The van der Waals surface area contributed by atoms with Gasteiger partial charge in [0.2, 0.25) is 0 Å². The van der Waals surface area contributed by atoms with Crippen molar-refractivity contribution in [2.45, 2.75) is 0 Å². The summed E-state index contributed by atoms with van der Waals surface area (Å²) in [4.78, 5) is 28.7. The predicted octanol–water partition coefficient (Wildman–Crippen LogP) is 6.46. The summed E-state index contributed by atoms with van der Waals surface area (Å²) in [5.41, 5.74) is 2.69. The summed E-state index contributed by atoms with van der Waals surface area (Å²) >= 11 is 5.63. The van der Waals surface area contributed by atoms with Crippen LogP contribution in [0.2, 0.25) is 0 Å². The molecule has 0 bridgehead atoms. The Hall–Kier alpha value is -2.88. The zero-order chi connectivity index (χ0) is 20.4. The quantitative estimate of drug-likeness (QED) is 0.259. The molecule has 1 amide bonds. The number of hydrogen-bond acceptors (Lipinski definition) is 6. The average Bonchev–Trinajstić information content (AvgIpc) is 3.37. The van der Waals surface area contributed by atoms with Crippen LogP contribution in [0.25, 0.3) is 21.7 Å². The number of nitro groups is 1. The normalized spacial score (nSPS) is 10.7. The Morgan fingerprint density at radius 3 is 2.34 bits per heavy atom. The molecule has 4 rings (SSSR count). The molecule has 2 aromatic carbocycles. The number of anilines is 1. The molecule has 9 heteroatoms. The summed E-state index contributed by atoms with van der Waals surface area (Å²) < 4.78 is 0.963. The number of nitrogens with one attached hydrogen (secondary N) is 1. The first-order valence-corrected chi connectivity index (χ1v) is 10.8. The molecule has 2 aromatic heterocycles. The summed E-state index contributed by atoms with van der Waals surface area (Å²) in [5, 5.41) is 14.0. The smallest absolute Gasteiger partial charge is 0.297 e. The molecule has 0 fully saturated rings. The number of halogens is 1. The van der Waals surface area contributed by atoms with Crippen LogP contribution in [0.1, 0.15) is 9.67 Å². The molecule has 4 aromatic rings. The van der Waals surface area contributed by atoms with Crippen LogP contribution in [0.15, 0.2) is 71.2 Å². The second-order valence-corrected chi connectivity index (χ2v) is 8.90. The van der Waals surface area contributed by atoms with Crippen molar-refractivity contribution < 1.29 is 9.72 Å². The van der Waals surface area contributed by atoms with Gasteiger partial charge in [0.05, 0.1) is 20.4 Å². The molecule has 0 unspecified atom stereocenters. The van der Waals surface area contributed by atoms with Crippen molar-refractivity contribution in [2.75, 3.05) is 5.32 Å². The molecule has 0 aliphatic heterocycles. The molecule has 1 N–H and O–H groups in total. The Labute approximate surface area is 182 Å². The number of thiazole rings is 1. The van der Waals surface area contributed by atoms with Crippen LogP contribution in [0.5, 0.6) is 0 Å². The molecule has 0 spiro atoms. The minimum absolute atomic E-state index is 0.0742. The van der Waals surface area contributed by atoms with E-state index in [0.717, 1.165) is 37.5 Å². The monoisotopic (exact) mass is 485 g/mol. The van der Waals surface area contributed by atoms with Crippen LogP contribution >= 0.6 is 38.6 Å². The molecule has 0 radical (unpaired) electrons. The van der Waals surface area contributed by atoms with Crippen molar-refractivity contribution in [2.24, 2.45) is 0 Å². The number of aromatic nitrogens is 1. The standard InChI is InChI=1S/C20H12BrN3O3S2/c21-14-8-6-12(7-9-14)17-18(13-4-2-1-3-5-13)29-20(22-17)23-19(25)15-10-11-16(28-15)24(26)27/h1-11H,(H,22,23,25). The largest absolute Gasteiger partial charge is 0.324 e. The Kier molecular flexibility index (Phi) is 5.52. The molecule has 0 saturated carbocycles. The van der Waals surface area contributed by atoms with Crippen molar-refractivity contribution in [3.05, 3.63) is 86.2 Å². The zero-order valence-electron chi connectivity index (χ0n) is 14.7. The molecule has 6 nitrogen and oxygen atoms in total. The molecule has 144 valence electrons. The van der Waals surface area contributed by atoms with Gasteiger partial charge in [-0.05, 0) is 23.8 Å². The van der Waals surface area contributed by atoms with Crippen LogP contribution in [-0.2, 0) is 0 Å². The van der Waals surface area contributed by atoms with Crippen LogP contribution in [0.3, 0.4) is 0 Å². The highest BCUT2D eigenvalue weighted by Crippen LogP contribution is 2.39. The zero-order valence-corrected chi connectivity index (χ0v) is 17.9. The van der Waals surface area contributed by atoms with Crippen molar-refractivity contribution in [1.29, 1.82) is 0 Å². The fourth-order valence-corrected chi connectivity index (χ4v) is 4.64. The fourth-order valence-electron chi connectivity index (χ4n) is 2.67. The number of amides is 1. The van der Waals surface area contributed by atoms with E-state index >= 15 is 0 Å². The van der Waals surface area contributed by atoms with Crippen molar-refractivity contribution in [1.82, 2.24) is 4.98 Å². The summed E-state index contributed by atoms with van der Waals surface area (Å²) in [6.07, 6.45) is 0. The number of benzene rings is 2. The van der Waals surface area contributed by atoms with Gasteiger partial charge in [-0.1, -0.05) is 81.1 Å². The van der Waals surface area contributed by atoms with Gasteiger partial charge in [-0.25, -0.2) is 4.98 Å². The summed E-state index contributed by atoms with van der Waals surface area (Å²) in [5.74, 6) is -0.418. The average molecular weight is 486 g/mol. The maximum atomic E-state index is 12.5. The number of carbonyl (C=O) groups excluding carboxylic acids is 1. The van der Waals surface area contributed by atoms with Gasteiger partial charge in [-0.2, -0.15) is 0 Å². The van der Waals surface area contributed by atoms with E-state index in [1.54, 1.807) is 0 Å². The molecule has 29 heavy (non-hydrogen) atoms. The number of thiophene rings is 1. The highest BCUT2D eigenvalue weighted by atomic mass is 79.9. The van der Waals surface area contributed by atoms with E-state index < -0.39 is 10.8 Å². The van der Waals surface area contributed by atoms with Crippen LogP contribution in [0, 0.1) is 10.1 Å². The summed E-state index contributed by atoms with van der Waals surface area (Å²) in [7, 11) is 0. The van der Waals surface area contributed by atoms with E-state index in [9.17, 15) is 14.9 Å². The maximum absolute atomic E-state index is 12.5. The Bertz CT molecular complexity index is 1190. The molecule has 0 saturated heterocycles. The fraction of sp³-hybridized carbons (Fsp3) is 0. The minimum atomic E-state index is -0.510. The summed E-state index contributed by atoms with van der Waals surface area (Å²) in [6, 6.07) is 20.4. The molecule has 0 atom stereocenters. The maximum Gasteiger partial charge on any atom is 0.324 e. The Morgan fingerprint density at radius 1 is 0.966 bits per heavy atom. The van der Waals surface area contributed by atoms with Gasteiger partial charge in [0.1, 0.15) is 0 Å². The first kappa shape index (κ1) is 19.4. The number of carbonyl (C=O) groups is 1. The minimum Gasteiger partial charge on any atom is -0.297 e. The number of nitrogens with zero attached hydrogens (tertiary/aromatic N) is 2. The van der Waals surface area contributed by atoms with Gasteiger partial charge in [-0.15, -0.1) is 0 Å².